The highest BCUT2D eigenvalue weighted by Crippen LogP contribution is 2.11. The fourth-order valence-corrected chi connectivity index (χ4v) is 2.97. The van der Waals surface area contributed by atoms with Crippen molar-refractivity contribution in [3.63, 3.8) is 0 Å². The van der Waals surface area contributed by atoms with Gasteiger partial charge in [0.2, 0.25) is 17.7 Å². The molecule has 0 bridgehead atoms. The maximum Gasteiger partial charge on any atom is 0.326 e. The van der Waals surface area contributed by atoms with E-state index in [1.807, 2.05) is 6.92 Å². The number of carboxylic acids is 1. The first-order valence-corrected chi connectivity index (χ1v) is 11.4. The average molecular weight is 488 g/mol. The molecule has 0 aliphatic carbocycles. The Bertz CT molecular complexity index is 724. The first kappa shape index (κ1) is 31.1. The predicted octanol–water partition coefficient (Wildman–Crippen LogP) is -2.01. The number of carboxylic acid groups (broad SMARTS) is 1. The van der Waals surface area contributed by atoms with Gasteiger partial charge >= 0.3 is 5.97 Å². The van der Waals surface area contributed by atoms with E-state index in [2.05, 4.69) is 20.9 Å². The zero-order valence-electron chi connectivity index (χ0n) is 20.6. The SMILES string of the molecule is CCC(C)C(NC(=O)C(NC(=O)C(CCCN=C(N)N)NC(=O)C(N)C(C)O)C(C)C)C(=O)O. The van der Waals surface area contributed by atoms with Crippen molar-refractivity contribution in [2.45, 2.75) is 84.2 Å². The maximum atomic E-state index is 13.0. The van der Waals surface area contributed by atoms with Gasteiger partial charge < -0.3 is 43.4 Å². The third-order valence-corrected chi connectivity index (χ3v) is 5.42. The van der Waals surface area contributed by atoms with Crippen molar-refractivity contribution in [1.29, 1.82) is 0 Å². The Hall–Kier alpha value is -2.93. The summed E-state index contributed by atoms with van der Waals surface area (Å²) in [6.07, 6.45) is -0.164. The first-order chi connectivity index (χ1) is 15.7. The average Bonchev–Trinajstić information content (AvgIpc) is 2.75. The molecule has 34 heavy (non-hydrogen) atoms. The number of amides is 3. The molecule has 0 heterocycles. The van der Waals surface area contributed by atoms with Crippen LogP contribution in [0.5, 0.6) is 0 Å². The summed E-state index contributed by atoms with van der Waals surface area (Å²) in [7, 11) is 0. The Kier molecular flexibility index (Phi) is 13.8. The second-order valence-electron chi connectivity index (χ2n) is 8.72. The van der Waals surface area contributed by atoms with Gasteiger partial charge in [-0.25, -0.2) is 4.79 Å². The zero-order valence-corrected chi connectivity index (χ0v) is 20.6. The van der Waals surface area contributed by atoms with Gasteiger partial charge in [0.05, 0.1) is 6.10 Å². The molecular weight excluding hydrogens is 446 g/mol. The second kappa shape index (κ2) is 15.1. The topological polar surface area (TPSA) is 235 Å². The number of nitrogens with two attached hydrogens (primary N) is 3. The molecule has 6 atom stereocenters. The van der Waals surface area contributed by atoms with E-state index in [1.54, 1.807) is 20.8 Å². The van der Waals surface area contributed by atoms with Crippen molar-refractivity contribution < 1.29 is 29.4 Å². The van der Waals surface area contributed by atoms with Crippen LogP contribution in [-0.4, -0.2) is 76.7 Å². The smallest absolute Gasteiger partial charge is 0.326 e. The van der Waals surface area contributed by atoms with Crippen LogP contribution < -0.4 is 33.2 Å². The van der Waals surface area contributed by atoms with Gasteiger partial charge in [0.1, 0.15) is 24.2 Å². The molecule has 0 saturated carbocycles. The molecule has 0 radical (unpaired) electrons. The number of carbonyl (C=O) groups is 4. The van der Waals surface area contributed by atoms with Crippen molar-refractivity contribution in [3.8, 4) is 0 Å². The number of hydrogen-bond donors (Lipinski definition) is 8. The van der Waals surface area contributed by atoms with E-state index >= 15 is 0 Å². The highest BCUT2D eigenvalue weighted by Gasteiger charge is 2.33. The van der Waals surface area contributed by atoms with E-state index in [0.717, 1.165) is 0 Å². The van der Waals surface area contributed by atoms with Crippen molar-refractivity contribution in [2.24, 2.45) is 34.0 Å². The molecule has 0 aromatic carbocycles. The molecule has 11 N–H and O–H groups in total. The number of hydrogen-bond acceptors (Lipinski definition) is 7. The Morgan fingerprint density at radius 3 is 1.91 bits per heavy atom. The summed E-state index contributed by atoms with van der Waals surface area (Å²) >= 11 is 0. The Morgan fingerprint density at radius 2 is 1.47 bits per heavy atom. The summed E-state index contributed by atoms with van der Waals surface area (Å²) in [6.45, 7) is 8.44. The molecule has 0 saturated heterocycles. The lowest BCUT2D eigenvalue weighted by atomic mass is 9.97. The van der Waals surface area contributed by atoms with Gasteiger partial charge in [0.15, 0.2) is 5.96 Å². The number of carbonyl (C=O) groups excluding carboxylic acids is 3. The number of nitrogens with zero attached hydrogens (tertiary/aromatic N) is 1. The van der Waals surface area contributed by atoms with Crippen LogP contribution in [0.3, 0.4) is 0 Å². The highest BCUT2D eigenvalue weighted by atomic mass is 16.4. The Balaban J connectivity index is 5.56. The van der Waals surface area contributed by atoms with E-state index < -0.39 is 54.0 Å². The monoisotopic (exact) mass is 487 g/mol. The number of guanidine groups is 1. The maximum absolute atomic E-state index is 13.0. The van der Waals surface area contributed by atoms with Crippen molar-refractivity contribution >= 4 is 29.7 Å². The minimum absolute atomic E-state index is 0.119. The lowest BCUT2D eigenvalue weighted by Crippen LogP contribution is -2.59. The molecule has 0 rings (SSSR count). The van der Waals surface area contributed by atoms with E-state index in [4.69, 9.17) is 17.2 Å². The Labute approximate surface area is 200 Å². The van der Waals surface area contributed by atoms with E-state index in [-0.39, 0.29) is 30.8 Å². The quantitative estimate of drug-likeness (QED) is 0.0722. The van der Waals surface area contributed by atoms with Crippen LogP contribution in [0.25, 0.3) is 0 Å². The third-order valence-electron chi connectivity index (χ3n) is 5.42. The summed E-state index contributed by atoms with van der Waals surface area (Å²) in [4.78, 5) is 53.6. The summed E-state index contributed by atoms with van der Waals surface area (Å²) < 4.78 is 0. The molecule has 0 aliphatic heterocycles. The van der Waals surface area contributed by atoms with Crippen LogP contribution >= 0.6 is 0 Å². The predicted molar refractivity (Wildman–Crippen MR) is 127 cm³/mol. The van der Waals surface area contributed by atoms with Gasteiger partial charge in [-0.3, -0.25) is 19.4 Å². The molecule has 0 fully saturated rings. The van der Waals surface area contributed by atoms with Crippen molar-refractivity contribution in [1.82, 2.24) is 16.0 Å². The summed E-state index contributed by atoms with van der Waals surface area (Å²) in [5.41, 5.74) is 16.2. The molecular formula is C21H41N7O6. The molecule has 6 unspecified atom stereocenters. The Morgan fingerprint density at radius 1 is 0.912 bits per heavy atom. The van der Waals surface area contributed by atoms with Gasteiger partial charge in [-0.1, -0.05) is 34.1 Å². The minimum Gasteiger partial charge on any atom is -0.480 e. The van der Waals surface area contributed by atoms with E-state index in [1.165, 1.54) is 6.92 Å². The number of rotatable bonds is 15. The fraction of sp³-hybridized carbons (Fsp3) is 0.762. The number of aliphatic hydroxyl groups excluding tert-OH is 1. The molecule has 13 heteroatoms. The third kappa shape index (κ3) is 10.8. The molecule has 0 aliphatic rings. The number of aliphatic hydroxyl groups is 1. The molecule has 0 aromatic rings. The van der Waals surface area contributed by atoms with Crippen LogP contribution in [0.1, 0.15) is 53.9 Å². The van der Waals surface area contributed by atoms with E-state index in [9.17, 15) is 29.4 Å². The van der Waals surface area contributed by atoms with Crippen LogP contribution in [0.4, 0.5) is 0 Å². The van der Waals surface area contributed by atoms with Crippen LogP contribution in [-0.2, 0) is 19.2 Å². The standard InChI is InChI=1S/C21H41N7O6/c1-6-11(4)16(20(33)34)28-19(32)15(10(2)3)27-17(30)13(8-7-9-25-21(23)24)26-18(31)14(22)12(5)29/h10-16,29H,6-9,22H2,1-5H3,(H,26,31)(H,27,30)(H,28,32)(H,33,34)(H4,23,24,25). The zero-order chi connectivity index (χ0) is 26.6. The largest absolute Gasteiger partial charge is 0.480 e. The molecule has 3 amide bonds. The number of aliphatic carboxylic acids is 1. The summed E-state index contributed by atoms with van der Waals surface area (Å²) in [6, 6.07) is -4.52. The fourth-order valence-electron chi connectivity index (χ4n) is 2.97. The molecule has 196 valence electrons. The van der Waals surface area contributed by atoms with Gasteiger partial charge in [-0.2, -0.15) is 0 Å². The summed E-state index contributed by atoms with van der Waals surface area (Å²) in [5.74, 6) is -4.06. The molecule has 0 aromatic heterocycles. The van der Waals surface area contributed by atoms with Gasteiger partial charge in [-0.15, -0.1) is 0 Å². The van der Waals surface area contributed by atoms with Crippen molar-refractivity contribution in [3.05, 3.63) is 0 Å². The van der Waals surface area contributed by atoms with Gasteiger partial charge in [-0.05, 0) is 31.6 Å². The second-order valence-corrected chi connectivity index (χ2v) is 8.72. The van der Waals surface area contributed by atoms with Crippen LogP contribution in [0, 0.1) is 11.8 Å². The van der Waals surface area contributed by atoms with Crippen LogP contribution in [0.15, 0.2) is 4.99 Å². The first-order valence-electron chi connectivity index (χ1n) is 11.4. The number of aliphatic imine (C=N–C) groups is 1. The molecule has 13 nitrogen and oxygen atoms in total. The van der Waals surface area contributed by atoms with Crippen LogP contribution in [0.2, 0.25) is 0 Å². The van der Waals surface area contributed by atoms with Crippen molar-refractivity contribution in [2.75, 3.05) is 6.54 Å². The summed E-state index contributed by atoms with van der Waals surface area (Å²) in [5, 5.41) is 26.6. The molecule has 0 spiro atoms. The minimum atomic E-state index is -1.26. The normalized spacial score (nSPS) is 16.4. The lowest BCUT2D eigenvalue weighted by Gasteiger charge is -2.28. The van der Waals surface area contributed by atoms with Gasteiger partial charge in [0.25, 0.3) is 0 Å². The highest BCUT2D eigenvalue weighted by molar-refractivity contribution is 5.94. The lowest BCUT2D eigenvalue weighted by molar-refractivity contribution is -0.144. The van der Waals surface area contributed by atoms with Gasteiger partial charge in [0, 0.05) is 6.54 Å². The number of nitrogens with one attached hydrogen (secondary N) is 3. The van der Waals surface area contributed by atoms with E-state index in [0.29, 0.717) is 12.8 Å².